The van der Waals surface area contributed by atoms with Crippen LogP contribution >= 0.6 is 0 Å². The second kappa shape index (κ2) is 7.84. The topological polar surface area (TPSA) is 74.3 Å². The monoisotopic (exact) mass is 328 g/mol. The highest BCUT2D eigenvalue weighted by atomic mass is 16.5. The van der Waals surface area contributed by atoms with Crippen LogP contribution in [0.15, 0.2) is 28.7 Å². The molecule has 6 heteroatoms. The van der Waals surface area contributed by atoms with Crippen molar-refractivity contribution in [1.29, 1.82) is 5.26 Å². The maximum Gasteiger partial charge on any atom is 0.232 e. The molecule has 128 valence electrons. The lowest BCUT2D eigenvalue weighted by atomic mass is 10.0. The van der Waals surface area contributed by atoms with Crippen molar-refractivity contribution in [2.75, 3.05) is 33.1 Å². The molecular formula is C18H24N4O2. The fourth-order valence-electron chi connectivity index (χ4n) is 2.48. The van der Waals surface area contributed by atoms with Gasteiger partial charge in [-0.15, -0.1) is 0 Å². The third-order valence-corrected chi connectivity index (χ3v) is 3.82. The van der Waals surface area contributed by atoms with Crippen molar-refractivity contribution in [3.63, 3.8) is 0 Å². The molecule has 24 heavy (non-hydrogen) atoms. The van der Waals surface area contributed by atoms with Crippen molar-refractivity contribution in [1.82, 2.24) is 9.88 Å². The molecule has 0 bridgehead atoms. The van der Waals surface area contributed by atoms with Gasteiger partial charge in [0, 0.05) is 18.0 Å². The lowest BCUT2D eigenvalue weighted by Gasteiger charge is -2.26. The molecule has 6 nitrogen and oxygen atoms in total. The molecule has 0 aliphatic rings. The summed E-state index contributed by atoms with van der Waals surface area (Å²) >= 11 is 0. The number of anilines is 1. The number of para-hydroxylation sites is 1. The van der Waals surface area contributed by atoms with Crippen LogP contribution in [0.5, 0.6) is 5.75 Å². The summed E-state index contributed by atoms with van der Waals surface area (Å²) in [6.07, 6.45) is 0. The van der Waals surface area contributed by atoms with Crippen LogP contribution in [0.4, 0.5) is 5.88 Å². The number of benzene rings is 1. The van der Waals surface area contributed by atoms with E-state index in [0.717, 1.165) is 11.3 Å². The molecule has 0 spiro atoms. The summed E-state index contributed by atoms with van der Waals surface area (Å²) in [5, 5.41) is 12.5. The number of ether oxygens (including phenoxy) is 1. The summed E-state index contributed by atoms with van der Waals surface area (Å²) in [6.45, 7) is 4.53. The van der Waals surface area contributed by atoms with Crippen LogP contribution < -0.4 is 10.1 Å². The number of likely N-dealkylation sites (N-methyl/N-ethyl adjacent to an activating group) is 1. The van der Waals surface area contributed by atoms with Crippen LogP contribution in [0.3, 0.4) is 0 Å². The van der Waals surface area contributed by atoms with E-state index in [1.165, 1.54) is 0 Å². The van der Waals surface area contributed by atoms with Crippen molar-refractivity contribution >= 4 is 5.88 Å². The standard InChI is InChI=1S/C18H24N4O2/c1-12(2)17-21-14(10-19)18(24-17)20-11-15(22(3)4)13-8-6-7-9-16(13)23-5/h6-9,12,15,20H,11H2,1-5H3/t15-/m0/s1. The van der Waals surface area contributed by atoms with Crippen LogP contribution in [-0.2, 0) is 0 Å². The maximum atomic E-state index is 9.24. The molecule has 0 aliphatic heterocycles. The average Bonchev–Trinajstić information content (AvgIpc) is 2.98. The highest BCUT2D eigenvalue weighted by molar-refractivity contribution is 5.46. The second-order valence-corrected chi connectivity index (χ2v) is 6.10. The van der Waals surface area contributed by atoms with E-state index in [2.05, 4.69) is 21.3 Å². The molecule has 1 atom stereocenters. The summed E-state index contributed by atoms with van der Waals surface area (Å²) < 4.78 is 11.2. The Balaban J connectivity index is 2.23. The molecule has 2 rings (SSSR count). The van der Waals surface area contributed by atoms with Crippen molar-refractivity contribution < 1.29 is 9.15 Å². The summed E-state index contributed by atoms with van der Waals surface area (Å²) in [6, 6.07) is 10.0. The van der Waals surface area contributed by atoms with Crippen molar-refractivity contribution in [2.45, 2.75) is 25.8 Å². The number of rotatable bonds is 7. The van der Waals surface area contributed by atoms with Gasteiger partial charge >= 0.3 is 0 Å². The van der Waals surface area contributed by atoms with Gasteiger partial charge in [0.25, 0.3) is 0 Å². The van der Waals surface area contributed by atoms with E-state index < -0.39 is 0 Å². The third kappa shape index (κ3) is 3.87. The third-order valence-electron chi connectivity index (χ3n) is 3.82. The predicted octanol–water partition coefficient (Wildman–Crippen LogP) is 3.39. The minimum Gasteiger partial charge on any atom is -0.496 e. The van der Waals surface area contributed by atoms with E-state index in [0.29, 0.717) is 18.3 Å². The minimum atomic E-state index is 0.0558. The van der Waals surface area contributed by atoms with Gasteiger partial charge in [0.1, 0.15) is 11.8 Å². The molecule has 0 aliphatic carbocycles. The fourth-order valence-corrected chi connectivity index (χ4v) is 2.48. The molecule has 1 N–H and O–H groups in total. The molecule has 1 heterocycles. The van der Waals surface area contributed by atoms with Gasteiger partial charge < -0.3 is 19.4 Å². The summed E-state index contributed by atoms with van der Waals surface area (Å²) in [7, 11) is 5.67. The number of methoxy groups -OCH3 is 1. The Morgan fingerprint density at radius 1 is 1.33 bits per heavy atom. The SMILES string of the molecule is COc1ccccc1[C@H](CNc1oc(C(C)C)nc1C#N)N(C)C. The zero-order valence-corrected chi connectivity index (χ0v) is 14.8. The van der Waals surface area contributed by atoms with Gasteiger partial charge in [-0.1, -0.05) is 32.0 Å². The molecule has 1 aromatic heterocycles. The lowest BCUT2D eigenvalue weighted by Crippen LogP contribution is -2.27. The Labute approximate surface area is 143 Å². The van der Waals surface area contributed by atoms with Crippen LogP contribution in [0.1, 0.15) is 43.0 Å². The Bertz CT molecular complexity index is 716. The van der Waals surface area contributed by atoms with Crippen molar-refractivity contribution in [2.24, 2.45) is 0 Å². The Kier molecular flexibility index (Phi) is 5.83. The first-order valence-electron chi connectivity index (χ1n) is 7.92. The highest BCUT2D eigenvalue weighted by Crippen LogP contribution is 2.29. The number of hydrogen-bond acceptors (Lipinski definition) is 6. The quantitative estimate of drug-likeness (QED) is 0.840. The van der Waals surface area contributed by atoms with Crippen LogP contribution in [0.25, 0.3) is 0 Å². The van der Waals surface area contributed by atoms with E-state index in [9.17, 15) is 5.26 Å². The van der Waals surface area contributed by atoms with Gasteiger partial charge in [-0.2, -0.15) is 5.26 Å². The van der Waals surface area contributed by atoms with Crippen LogP contribution in [-0.4, -0.2) is 37.6 Å². The molecule has 0 saturated carbocycles. The molecule has 0 fully saturated rings. The number of nitrogens with one attached hydrogen (secondary N) is 1. The molecule has 0 saturated heterocycles. The second-order valence-electron chi connectivity index (χ2n) is 6.10. The predicted molar refractivity (Wildman–Crippen MR) is 93.2 cm³/mol. The van der Waals surface area contributed by atoms with Gasteiger partial charge in [-0.25, -0.2) is 4.98 Å². The molecule has 1 aromatic carbocycles. The molecule has 0 unspecified atom stereocenters. The number of nitrogens with zero attached hydrogens (tertiary/aromatic N) is 3. The first-order chi connectivity index (χ1) is 11.5. The minimum absolute atomic E-state index is 0.0558. The van der Waals surface area contributed by atoms with E-state index in [1.807, 2.05) is 52.2 Å². The fraction of sp³-hybridized carbons (Fsp3) is 0.444. The van der Waals surface area contributed by atoms with Gasteiger partial charge in [0.15, 0.2) is 0 Å². The smallest absolute Gasteiger partial charge is 0.232 e. The highest BCUT2D eigenvalue weighted by Gasteiger charge is 2.21. The molecule has 0 radical (unpaired) electrons. The summed E-state index contributed by atoms with van der Waals surface area (Å²) in [5.74, 6) is 1.95. The summed E-state index contributed by atoms with van der Waals surface area (Å²) in [4.78, 5) is 6.32. The average molecular weight is 328 g/mol. The first kappa shape index (κ1) is 17.8. The number of aromatic nitrogens is 1. The summed E-state index contributed by atoms with van der Waals surface area (Å²) in [5.41, 5.74) is 1.36. The van der Waals surface area contributed by atoms with Gasteiger partial charge in [0.2, 0.25) is 17.5 Å². The number of hydrogen-bond donors (Lipinski definition) is 1. The zero-order chi connectivity index (χ0) is 17.7. The van der Waals surface area contributed by atoms with Gasteiger partial charge in [-0.05, 0) is 20.2 Å². The Morgan fingerprint density at radius 2 is 2.04 bits per heavy atom. The number of nitriles is 1. The molecule has 0 amide bonds. The van der Waals surface area contributed by atoms with E-state index in [1.54, 1.807) is 7.11 Å². The largest absolute Gasteiger partial charge is 0.496 e. The normalized spacial score (nSPS) is 12.2. The van der Waals surface area contributed by atoms with E-state index >= 15 is 0 Å². The lowest BCUT2D eigenvalue weighted by molar-refractivity contribution is 0.298. The molecular weight excluding hydrogens is 304 g/mol. The van der Waals surface area contributed by atoms with Gasteiger partial charge in [0.05, 0.1) is 13.2 Å². The van der Waals surface area contributed by atoms with Crippen molar-refractivity contribution in [3.8, 4) is 11.8 Å². The van der Waals surface area contributed by atoms with E-state index in [4.69, 9.17) is 9.15 Å². The van der Waals surface area contributed by atoms with Gasteiger partial charge in [-0.3, -0.25) is 0 Å². The Morgan fingerprint density at radius 3 is 2.62 bits per heavy atom. The van der Waals surface area contributed by atoms with Crippen molar-refractivity contribution in [3.05, 3.63) is 41.4 Å². The number of oxazole rings is 1. The van der Waals surface area contributed by atoms with Crippen LogP contribution in [0.2, 0.25) is 0 Å². The zero-order valence-electron chi connectivity index (χ0n) is 14.8. The van der Waals surface area contributed by atoms with Crippen LogP contribution in [0, 0.1) is 11.3 Å². The Hall–Kier alpha value is -2.52. The first-order valence-corrected chi connectivity index (χ1v) is 7.92. The van der Waals surface area contributed by atoms with E-state index in [-0.39, 0.29) is 17.7 Å². The molecule has 2 aromatic rings. The maximum absolute atomic E-state index is 9.24.